The minimum absolute atomic E-state index is 0.00763. The molecule has 0 aliphatic carbocycles. The van der Waals surface area contributed by atoms with Crippen LogP contribution in [0.2, 0.25) is 5.28 Å². The highest BCUT2D eigenvalue weighted by Crippen LogP contribution is 2.14. The summed E-state index contributed by atoms with van der Waals surface area (Å²) >= 11 is 5.58. The Bertz CT molecular complexity index is 535. The van der Waals surface area contributed by atoms with Gasteiger partial charge in [0.05, 0.1) is 13.3 Å². The fraction of sp³-hybridized carbons (Fsp3) is 0.182. The van der Waals surface area contributed by atoms with Gasteiger partial charge in [0.1, 0.15) is 0 Å². The number of aromatic nitrogens is 3. The van der Waals surface area contributed by atoms with Crippen LogP contribution >= 0.6 is 11.6 Å². The predicted octanol–water partition coefficient (Wildman–Crippen LogP) is 2.28. The first-order valence-corrected chi connectivity index (χ1v) is 5.47. The number of ether oxygens (including phenoxy) is 1. The zero-order chi connectivity index (χ0) is 13.0. The Balaban J connectivity index is 2.04. The molecule has 2 heterocycles. The van der Waals surface area contributed by atoms with Crippen molar-refractivity contribution in [3.8, 4) is 5.88 Å². The number of rotatable bonds is 4. The molecule has 0 aliphatic rings. The Morgan fingerprint density at radius 1 is 1.33 bits per heavy atom. The first-order valence-electron chi connectivity index (χ1n) is 5.10. The molecule has 2 aromatic heterocycles. The van der Waals surface area contributed by atoms with Crippen LogP contribution in [0.4, 0.5) is 10.2 Å². The molecule has 0 bridgehead atoms. The smallest absolute Gasteiger partial charge is 0.224 e. The molecule has 0 amide bonds. The van der Waals surface area contributed by atoms with Crippen LogP contribution in [0.25, 0.3) is 0 Å². The van der Waals surface area contributed by atoms with Crippen LogP contribution in [0.1, 0.15) is 5.56 Å². The third kappa shape index (κ3) is 3.04. The minimum atomic E-state index is -0.555. The van der Waals surface area contributed by atoms with Crippen molar-refractivity contribution in [2.24, 2.45) is 0 Å². The quantitative estimate of drug-likeness (QED) is 0.862. The lowest BCUT2D eigenvalue weighted by atomic mass is 10.3. The minimum Gasteiger partial charge on any atom is -0.481 e. The van der Waals surface area contributed by atoms with E-state index in [0.29, 0.717) is 12.4 Å². The molecule has 94 valence electrons. The Morgan fingerprint density at radius 2 is 2.17 bits per heavy atom. The first-order chi connectivity index (χ1) is 8.69. The summed E-state index contributed by atoms with van der Waals surface area (Å²) in [7, 11) is 1.54. The van der Waals surface area contributed by atoms with Crippen molar-refractivity contribution >= 4 is 17.4 Å². The van der Waals surface area contributed by atoms with Gasteiger partial charge in [-0.3, -0.25) is 0 Å². The molecule has 0 aromatic carbocycles. The Labute approximate surface area is 108 Å². The van der Waals surface area contributed by atoms with Gasteiger partial charge in [0, 0.05) is 18.8 Å². The second-order valence-corrected chi connectivity index (χ2v) is 3.74. The normalized spacial score (nSPS) is 10.2. The molecule has 1 N–H and O–H groups in total. The van der Waals surface area contributed by atoms with Crippen molar-refractivity contribution in [1.29, 1.82) is 0 Å². The van der Waals surface area contributed by atoms with E-state index in [1.807, 2.05) is 6.07 Å². The molecule has 2 rings (SSSR count). The van der Waals surface area contributed by atoms with Crippen molar-refractivity contribution < 1.29 is 9.13 Å². The lowest BCUT2D eigenvalue weighted by Crippen LogP contribution is -2.05. The third-order valence-corrected chi connectivity index (χ3v) is 2.36. The van der Waals surface area contributed by atoms with Gasteiger partial charge in [-0.1, -0.05) is 6.07 Å². The van der Waals surface area contributed by atoms with Gasteiger partial charge in [-0.25, -0.2) is 14.4 Å². The van der Waals surface area contributed by atoms with Gasteiger partial charge in [-0.15, -0.1) is 0 Å². The van der Waals surface area contributed by atoms with Gasteiger partial charge in [-0.2, -0.15) is 4.98 Å². The molecular weight excluding hydrogens is 259 g/mol. The second kappa shape index (κ2) is 5.59. The van der Waals surface area contributed by atoms with E-state index in [2.05, 4.69) is 20.3 Å². The summed E-state index contributed by atoms with van der Waals surface area (Å²) in [5.41, 5.74) is 0.866. The summed E-state index contributed by atoms with van der Waals surface area (Å²) in [5.74, 6) is 0.0294. The summed E-state index contributed by atoms with van der Waals surface area (Å²) in [6.45, 7) is 0.376. The number of methoxy groups -OCH3 is 1. The average molecular weight is 269 g/mol. The van der Waals surface area contributed by atoms with Gasteiger partial charge >= 0.3 is 0 Å². The largest absolute Gasteiger partial charge is 0.481 e. The Hall–Kier alpha value is -1.95. The van der Waals surface area contributed by atoms with Crippen molar-refractivity contribution in [2.45, 2.75) is 6.54 Å². The number of hydrogen-bond donors (Lipinski definition) is 1. The molecule has 0 atom stereocenters. The summed E-state index contributed by atoms with van der Waals surface area (Å²) < 4.78 is 18.2. The van der Waals surface area contributed by atoms with Crippen LogP contribution in [0.5, 0.6) is 5.88 Å². The van der Waals surface area contributed by atoms with Crippen LogP contribution in [0.3, 0.4) is 0 Å². The zero-order valence-corrected chi connectivity index (χ0v) is 10.3. The molecule has 0 spiro atoms. The molecule has 0 aliphatic heterocycles. The van der Waals surface area contributed by atoms with Crippen molar-refractivity contribution in [1.82, 2.24) is 15.0 Å². The molecule has 18 heavy (non-hydrogen) atoms. The van der Waals surface area contributed by atoms with Gasteiger partial charge in [-0.05, 0) is 17.2 Å². The van der Waals surface area contributed by atoms with Gasteiger partial charge in [0.15, 0.2) is 11.6 Å². The molecule has 0 radical (unpaired) electrons. The second-order valence-electron chi connectivity index (χ2n) is 3.40. The summed E-state index contributed by atoms with van der Waals surface area (Å²) in [6.07, 6.45) is 2.65. The fourth-order valence-corrected chi connectivity index (χ4v) is 1.42. The van der Waals surface area contributed by atoms with Crippen molar-refractivity contribution in [2.75, 3.05) is 12.4 Å². The molecule has 2 aromatic rings. The maximum Gasteiger partial charge on any atom is 0.224 e. The Morgan fingerprint density at radius 3 is 2.83 bits per heavy atom. The van der Waals surface area contributed by atoms with E-state index in [-0.39, 0.29) is 11.1 Å². The topological polar surface area (TPSA) is 59.9 Å². The van der Waals surface area contributed by atoms with E-state index in [9.17, 15) is 4.39 Å². The van der Waals surface area contributed by atoms with Gasteiger partial charge in [0.2, 0.25) is 11.2 Å². The van der Waals surface area contributed by atoms with Crippen molar-refractivity contribution in [3.05, 3.63) is 41.2 Å². The van der Waals surface area contributed by atoms with Crippen LogP contribution in [0.15, 0.2) is 24.5 Å². The van der Waals surface area contributed by atoms with Crippen LogP contribution in [-0.2, 0) is 6.54 Å². The standard InChI is InChI=1S/C11H10ClFN4O/c1-18-9-3-2-7(4-14-9)5-15-10-8(13)6-16-11(12)17-10/h2-4,6H,5H2,1H3,(H,15,16,17). The van der Waals surface area contributed by atoms with Gasteiger partial charge < -0.3 is 10.1 Å². The average Bonchev–Trinajstić information content (AvgIpc) is 2.40. The van der Waals surface area contributed by atoms with Crippen LogP contribution in [-0.4, -0.2) is 22.1 Å². The number of pyridine rings is 1. The number of anilines is 1. The SMILES string of the molecule is COc1ccc(CNc2nc(Cl)ncc2F)cn1. The molecular formula is C11H10ClFN4O. The molecule has 0 unspecified atom stereocenters. The van der Waals surface area contributed by atoms with Crippen LogP contribution < -0.4 is 10.1 Å². The predicted molar refractivity (Wildman–Crippen MR) is 65.1 cm³/mol. The molecule has 0 saturated heterocycles. The molecule has 5 nitrogen and oxygen atoms in total. The van der Waals surface area contributed by atoms with E-state index in [0.717, 1.165) is 11.8 Å². The van der Waals surface area contributed by atoms with E-state index < -0.39 is 5.82 Å². The van der Waals surface area contributed by atoms with Crippen LogP contribution in [0, 0.1) is 5.82 Å². The first kappa shape index (κ1) is 12.5. The monoisotopic (exact) mass is 268 g/mol. The molecule has 7 heteroatoms. The molecule has 0 fully saturated rings. The van der Waals surface area contributed by atoms with Gasteiger partial charge in [0.25, 0.3) is 0 Å². The maximum absolute atomic E-state index is 13.3. The lowest BCUT2D eigenvalue weighted by molar-refractivity contribution is 0.397. The van der Waals surface area contributed by atoms with E-state index in [1.54, 1.807) is 19.4 Å². The highest BCUT2D eigenvalue weighted by molar-refractivity contribution is 6.28. The number of nitrogens with zero attached hydrogens (tertiary/aromatic N) is 3. The lowest BCUT2D eigenvalue weighted by Gasteiger charge is -2.06. The summed E-state index contributed by atoms with van der Waals surface area (Å²) in [4.78, 5) is 11.3. The summed E-state index contributed by atoms with van der Waals surface area (Å²) in [6, 6.07) is 3.54. The van der Waals surface area contributed by atoms with E-state index in [4.69, 9.17) is 16.3 Å². The van der Waals surface area contributed by atoms with E-state index in [1.165, 1.54) is 0 Å². The highest BCUT2D eigenvalue weighted by Gasteiger charge is 2.05. The number of halogens is 2. The molecule has 0 saturated carbocycles. The maximum atomic E-state index is 13.3. The Kier molecular flexibility index (Phi) is 3.88. The number of hydrogen-bond acceptors (Lipinski definition) is 5. The summed E-state index contributed by atoms with van der Waals surface area (Å²) in [5, 5.41) is 2.81. The van der Waals surface area contributed by atoms with E-state index >= 15 is 0 Å². The highest BCUT2D eigenvalue weighted by atomic mass is 35.5. The fourth-order valence-electron chi connectivity index (χ4n) is 1.29. The zero-order valence-electron chi connectivity index (χ0n) is 9.52. The number of nitrogens with one attached hydrogen (secondary N) is 1. The third-order valence-electron chi connectivity index (χ3n) is 2.18. The van der Waals surface area contributed by atoms with Crippen molar-refractivity contribution in [3.63, 3.8) is 0 Å².